The van der Waals surface area contributed by atoms with Crippen molar-refractivity contribution in [2.24, 2.45) is 17.1 Å². The molecule has 2 aromatic rings. The van der Waals surface area contributed by atoms with Gasteiger partial charge in [0.1, 0.15) is 11.6 Å². The molecule has 1 aliphatic heterocycles. The molecule has 3 rings (SSSR count). The number of aromatic hydroxyl groups is 1. The van der Waals surface area contributed by atoms with Crippen LogP contribution < -0.4 is 16.6 Å². The predicted molar refractivity (Wildman–Crippen MR) is 107 cm³/mol. The average molecular weight is 402 g/mol. The van der Waals surface area contributed by atoms with Gasteiger partial charge in [0, 0.05) is 13.1 Å². The summed E-state index contributed by atoms with van der Waals surface area (Å²) in [6, 6.07) is 5.09. The molecule has 29 heavy (non-hydrogen) atoms. The van der Waals surface area contributed by atoms with E-state index in [1.165, 1.54) is 28.8 Å². The summed E-state index contributed by atoms with van der Waals surface area (Å²) in [6.07, 6.45) is 1.61. The molecule has 0 fully saturated rings. The molecule has 156 valence electrons. The molecular formula is C21H27FN4O3. The zero-order valence-corrected chi connectivity index (χ0v) is 16.9. The highest BCUT2D eigenvalue weighted by Gasteiger charge is 2.36. The number of rotatable bonds is 3. The first-order valence-corrected chi connectivity index (χ1v) is 9.72. The normalized spacial score (nSPS) is 21.0. The van der Waals surface area contributed by atoms with E-state index < -0.39 is 23.3 Å². The lowest BCUT2D eigenvalue weighted by Crippen LogP contribution is -2.41. The molecule has 0 aliphatic carbocycles. The van der Waals surface area contributed by atoms with Crippen LogP contribution in [0.5, 0.6) is 5.75 Å². The van der Waals surface area contributed by atoms with Gasteiger partial charge in [-0.3, -0.25) is 14.2 Å². The number of aromatic nitrogens is 2. The Hall–Kier alpha value is -2.74. The minimum atomic E-state index is -0.691. The number of hydrogen-bond donors (Lipinski definition) is 3. The molecule has 4 N–H and O–H groups in total. The van der Waals surface area contributed by atoms with Gasteiger partial charge in [-0.2, -0.15) is 0 Å². The van der Waals surface area contributed by atoms with E-state index in [0.717, 1.165) is 12.8 Å². The lowest BCUT2D eigenvalue weighted by molar-refractivity contribution is 0.0940. The van der Waals surface area contributed by atoms with Crippen molar-refractivity contribution >= 4 is 5.91 Å². The molecule has 1 amide bonds. The van der Waals surface area contributed by atoms with Gasteiger partial charge in [0.15, 0.2) is 5.69 Å². The molecule has 0 spiro atoms. The maximum Gasteiger partial charge on any atom is 0.296 e. The largest absolute Gasteiger partial charge is 0.501 e. The van der Waals surface area contributed by atoms with E-state index in [-0.39, 0.29) is 23.5 Å². The highest BCUT2D eigenvalue weighted by atomic mass is 19.1. The highest BCUT2D eigenvalue weighted by molar-refractivity contribution is 5.94. The number of fused-ring (bicyclic) bond motifs is 1. The standard InChI is InChI=1S/C21H27FN4O3/c1-12-8-9-26-18(17(23)21(2,3)10-12)25-15(16(27)20(26)29)19(28)24-11-13-4-6-14(22)7-5-13/h4-7,12,17,27H,8-11,23H2,1-3H3,(H,24,28)/t12?,17-/m0/s1. The summed E-state index contributed by atoms with van der Waals surface area (Å²) in [5.74, 6) is -1.09. The number of halogens is 1. The van der Waals surface area contributed by atoms with E-state index in [4.69, 9.17) is 5.73 Å². The molecule has 0 saturated heterocycles. The fourth-order valence-corrected chi connectivity index (χ4v) is 3.87. The Kier molecular flexibility index (Phi) is 5.75. The SMILES string of the molecule is CC1CCn2c(nc(C(=O)NCc3ccc(F)cc3)c(O)c2=O)[C@H](N)C(C)(C)C1. The second-order valence-electron chi connectivity index (χ2n) is 8.50. The van der Waals surface area contributed by atoms with Gasteiger partial charge in [0.2, 0.25) is 5.75 Å². The van der Waals surface area contributed by atoms with Gasteiger partial charge in [0.05, 0.1) is 6.04 Å². The van der Waals surface area contributed by atoms with E-state index in [9.17, 15) is 19.1 Å². The van der Waals surface area contributed by atoms with Crippen molar-refractivity contribution in [1.82, 2.24) is 14.9 Å². The molecule has 1 aromatic heterocycles. The van der Waals surface area contributed by atoms with Gasteiger partial charge < -0.3 is 16.2 Å². The van der Waals surface area contributed by atoms with E-state index >= 15 is 0 Å². The number of nitrogens with two attached hydrogens (primary N) is 1. The van der Waals surface area contributed by atoms with Crippen LogP contribution in [0.1, 0.15) is 61.5 Å². The third kappa shape index (κ3) is 4.32. The number of benzene rings is 1. The van der Waals surface area contributed by atoms with Crippen molar-refractivity contribution in [3.63, 3.8) is 0 Å². The summed E-state index contributed by atoms with van der Waals surface area (Å²) in [5, 5.41) is 13.0. The van der Waals surface area contributed by atoms with Crippen molar-refractivity contribution < 1.29 is 14.3 Å². The quantitative estimate of drug-likeness (QED) is 0.731. The van der Waals surface area contributed by atoms with Crippen LogP contribution in [0.15, 0.2) is 29.1 Å². The third-order valence-electron chi connectivity index (χ3n) is 5.60. The van der Waals surface area contributed by atoms with Gasteiger partial charge >= 0.3 is 0 Å². The smallest absolute Gasteiger partial charge is 0.296 e. The lowest BCUT2D eigenvalue weighted by atomic mass is 9.75. The van der Waals surface area contributed by atoms with Crippen molar-refractivity contribution in [3.05, 3.63) is 57.5 Å². The molecule has 1 aromatic carbocycles. The Morgan fingerprint density at radius 1 is 1.38 bits per heavy atom. The van der Waals surface area contributed by atoms with Crippen LogP contribution in [-0.2, 0) is 13.1 Å². The van der Waals surface area contributed by atoms with Gasteiger partial charge in [0.25, 0.3) is 11.5 Å². The maximum absolute atomic E-state index is 13.0. The van der Waals surface area contributed by atoms with Gasteiger partial charge in [-0.25, -0.2) is 9.37 Å². The Bertz CT molecular complexity index is 969. The summed E-state index contributed by atoms with van der Waals surface area (Å²) in [6.45, 7) is 6.62. The number of nitrogens with one attached hydrogen (secondary N) is 1. The first-order valence-electron chi connectivity index (χ1n) is 9.72. The van der Waals surface area contributed by atoms with Crippen molar-refractivity contribution in [1.29, 1.82) is 0 Å². The van der Waals surface area contributed by atoms with Gasteiger partial charge in [-0.15, -0.1) is 0 Å². The summed E-state index contributed by atoms with van der Waals surface area (Å²) < 4.78 is 14.4. The maximum atomic E-state index is 13.0. The summed E-state index contributed by atoms with van der Waals surface area (Å²) in [7, 11) is 0. The fraction of sp³-hybridized carbons (Fsp3) is 0.476. The van der Waals surface area contributed by atoms with Crippen LogP contribution >= 0.6 is 0 Å². The molecule has 1 unspecified atom stereocenters. The zero-order chi connectivity index (χ0) is 21.3. The minimum Gasteiger partial charge on any atom is -0.501 e. The van der Waals surface area contributed by atoms with Crippen molar-refractivity contribution in [2.45, 2.75) is 52.7 Å². The molecule has 0 bridgehead atoms. The number of hydrogen-bond acceptors (Lipinski definition) is 5. The van der Waals surface area contributed by atoms with Crippen LogP contribution in [0.25, 0.3) is 0 Å². The third-order valence-corrected chi connectivity index (χ3v) is 5.60. The monoisotopic (exact) mass is 402 g/mol. The Morgan fingerprint density at radius 3 is 2.69 bits per heavy atom. The van der Waals surface area contributed by atoms with E-state index in [0.29, 0.717) is 23.9 Å². The molecule has 0 radical (unpaired) electrons. The zero-order valence-electron chi connectivity index (χ0n) is 16.9. The first kappa shape index (κ1) is 21.0. The number of nitrogens with zero attached hydrogens (tertiary/aromatic N) is 2. The molecule has 0 saturated carbocycles. The van der Waals surface area contributed by atoms with Crippen LogP contribution in [0.4, 0.5) is 4.39 Å². The van der Waals surface area contributed by atoms with E-state index in [1.54, 1.807) is 0 Å². The van der Waals surface area contributed by atoms with Crippen LogP contribution in [-0.4, -0.2) is 20.6 Å². The molecule has 8 heteroatoms. The van der Waals surface area contributed by atoms with E-state index in [1.807, 2.05) is 13.8 Å². The Balaban J connectivity index is 1.94. The molecule has 2 heterocycles. The van der Waals surface area contributed by atoms with E-state index in [2.05, 4.69) is 17.2 Å². The summed E-state index contributed by atoms with van der Waals surface area (Å²) >= 11 is 0. The molecule has 1 aliphatic rings. The second kappa shape index (κ2) is 7.94. The molecule has 2 atom stereocenters. The topological polar surface area (TPSA) is 110 Å². The fourth-order valence-electron chi connectivity index (χ4n) is 3.87. The summed E-state index contributed by atoms with van der Waals surface area (Å²) in [4.78, 5) is 29.7. The number of carbonyl (C=O) groups is 1. The number of carbonyl (C=O) groups excluding carboxylic acids is 1. The Morgan fingerprint density at radius 2 is 2.03 bits per heavy atom. The van der Waals surface area contributed by atoms with Gasteiger partial charge in [-0.05, 0) is 41.9 Å². The molecule has 7 nitrogen and oxygen atoms in total. The summed E-state index contributed by atoms with van der Waals surface area (Å²) in [5.41, 5.74) is 5.78. The predicted octanol–water partition coefficient (Wildman–Crippen LogP) is 2.47. The van der Waals surface area contributed by atoms with Crippen LogP contribution in [0.2, 0.25) is 0 Å². The number of amides is 1. The Labute approximate surface area is 168 Å². The van der Waals surface area contributed by atoms with Crippen LogP contribution in [0, 0.1) is 17.2 Å². The lowest BCUT2D eigenvalue weighted by Gasteiger charge is -2.37. The molecular weight excluding hydrogens is 375 g/mol. The van der Waals surface area contributed by atoms with Crippen molar-refractivity contribution in [2.75, 3.05) is 0 Å². The van der Waals surface area contributed by atoms with Gasteiger partial charge in [-0.1, -0.05) is 32.9 Å². The van der Waals surface area contributed by atoms with Crippen molar-refractivity contribution in [3.8, 4) is 5.75 Å². The first-order chi connectivity index (χ1) is 13.6. The second-order valence-corrected chi connectivity index (χ2v) is 8.50. The minimum absolute atomic E-state index is 0.105. The van der Waals surface area contributed by atoms with Crippen LogP contribution in [0.3, 0.4) is 0 Å². The average Bonchev–Trinajstić information content (AvgIpc) is 2.66. The highest BCUT2D eigenvalue weighted by Crippen LogP contribution is 2.39.